The number of imidazole rings is 1. The molecule has 0 fully saturated rings. The molecule has 2 aromatic heterocycles. The molecule has 3 heterocycles. The molecule has 1 amide bonds. The molecule has 0 atom stereocenters. The number of nitrogens with one attached hydrogen (secondary N) is 1. The molecule has 0 bridgehead atoms. The molecule has 2 aromatic carbocycles. The van der Waals surface area contributed by atoms with Gasteiger partial charge in [-0.2, -0.15) is 0 Å². The first-order chi connectivity index (χ1) is 15.1. The van der Waals surface area contributed by atoms with Gasteiger partial charge in [-0.1, -0.05) is 18.2 Å². The molecule has 0 radical (unpaired) electrons. The molecule has 0 unspecified atom stereocenters. The maximum atomic E-state index is 13.2. The summed E-state index contributed by atoms with van der Waals surface area (Å²) in [6.45, 7) is 0.664. The van der Waals surface area contributed by atoms with Gasteiger partial charge in [-0.3, -0.25) is 18.9 Å². The van der Waals surface area contributed by atoms with Crippen LogP contribution in [-0.2, 0) is 24.3 Å². The number of para-hydroxylation sites is 1. The van der Waals surface area contributed by atoms with Gasteiger partial charge in [0.25, 0.3) is 0 Å². The lowest BCUT2D eigenvalue weighted by atomic mass is 10.0. The molecule has 0 aliphatic carbocycles. The Morgan fingerprint density at radius 2 is 1.97 bits per heavy atom. The van der Waals surface area contributed by atoms with E-state index in [2.05, 4.69) is 16.4 Å². The van der Waals surface area contributed by atoms with E-state index >= 15 is 0 Å². The fourth-order valence-electron chi connectivity index (χ4n) is 4.23. The molecule has 4 aromatic rings. The molecule has 1 N–H and O–H groups in total. The number of rotatable bonds is 5. The van der Waals surface area contributed by atoms with Gasteiger partial charge in [-0.25, -0.2) is 4.79 Å². The van der Waals surface area contributed by atoms with Crippen LogP contribution in [0.2, 0.25) is 0 Å². The standard InChI is InChI=1S/C24H23N5O2/c1-27(20-9-3-2-4-10-20)22(30)16-29-21-14-19(26-18-8-5-11-25-15-18)13-17-7-6-12-28(23(17)21)24(29)31/h2-5,8-11,13-15,26H,6-7,12,16H2,1H3. The number of benzene rings is 2. The summed E-state index contributed by atoms with van der Waals surface area (Å²) in [5.41, 5.74) is 5.25. The molecule has 7 nitrogen and oxygen atoms in total. The van der Waals surface area contributed by atoms with Gasteiger partial charge in [0, 0.05) is 31.2 Å². The minimum atomic E-state index is -0.140. The molecule has 156 valence electrons. The van der Waals surface area contributed by atoms with Gasteiger partial charge < -0.3 is 10.2 Å². The quantitative estimate of drug-likeness (QED) is 0.543. The topological polar surface area (TPSA) is 72.2 Å². The molecule has 0 saturated heterocycles. The van der Waals surface area contributed by atoms with E-state index < -0.39 is 0 Å². The van der Waals surface area contributed by atoms with E-state index in [0.717, 1.165) is 46.5 Å². The Hall–Kier alpha value is -3.87. The van der Waals surface area contributed by atoms with Crippen molar-refractivity contribution in [3.05, 3.63) is 83.0 Å². The Balaban J connectivity index is 1.55. The van der Waals surface area contributed by atoms with Gasteiger partial charge in [0.05, 0.1) is 22.9 Å². The Morgan fingerprint density at radius 3 is 2.74 bits per heavy atom. The number of carbonyl (C=O) groups is 1. The van der Waals surface area contributed by atoms with Gasteiger partial charge in [0.15, 0.2) is 0 Å². The Labute approximate surface area is 179 Å². The van der Waals surface area contributed by atoms with Crippen LogP contribution in [0.25, 0.3) is 11.0 Å². The molecule has 7 heteroatoms. The zero-order valence-corrected chi connectivity index (χ0v) is 17.3. The van der Waals surface area contributed by atoms with E-state index in [9.17, 15) is 9.59 Å². The van der Waals surface area contributed by atoms with Crippen LogP contribution in [-0.4, -0.2) is 27.1 Å². The van der Waals surface area contributed by atoms with E-state index in [4.69, 9.17) is 0 Å². The van der Waals surface area contributed by atoms with Gasteiger partial charge in [-0.15, -0.1) is 0 Å². The summed E-state index contributed by atoms with van der Waals surface area (Å²) in [5, 5.41) is 3.37. The van der Waals surface area contributed by atoms with Crippen LogP contribution >= 0.6 is 0 Å². The minimum absolute atomic E-state index is 0.0104. The van der Waals surface area contributed by atoms with E-state index in [1.165, 1.54) is 0 Å². The SMILES string of the molecule is CN(C(=O)Cn1c(=O)n2c3c(cc(Nc4cccnc4)cc31)CCC2)c1ccccc1. The van der Waals surface area contributed by atoms with Crippen molar-refractivity contribution in [3.8, 4) is 0 Å². The number of likely N-dealkylation sites (N-methyl/N-ethyl adjacent to an activating group) is 1. The summed E-state index contributed by atoms with van der Waals surface area (Å²) in [6, 6.07) is 17.3. The summed E-state index contributed by atoms with van der Waals surface area (Å²) in [4.78, 5) is 31.9. The van der Waals surface area contributed by atoms with Crippen LogP contribution in [0.5, 0.6) is 0 Å². The summed E-state index contributed by atoms with van der Waals surface area (Å²) in [7, 11) is 1.74. The first kappa shape index (κ1) is 19.1. The van der Waals surface area contributed by atoms with Crippen LogP contribution in [0.3, 0.4) is 0 Å². The van der Waals surface area contributed by atoms with Crippen molar-refractivity contribution >= 4 is 34.0 Å². The normalized spacial score (nSPS) is 12.7. The molecule has 0 spiro atoms. The largest absolute Gasteiger partial charge is 0.354 e. The fraction of sp³-hybridized carbons (Fsp3) is 0.208. The molecule has 0 saturated carbocycles. The highest BCUT2D eigenvalue weighted by atomic mass is 16.2. The Morgan fingerprint density at radius 1 is 1.13 bits per heavy atom. The number of pyridine rings is 1. The number of anilines is 3. The Bertz CT molecular complexity index is 1310. The molecule has 5 rings (SSSR count). The Kier molecular flexibility index (Phi) is 4.78. The molecule has 1 aliphatic heterocycles. The predicted molar refractivity (Wildman–Crippen MR) is 122 cm³/mol. The first-order valence-electron chi connectivity index (χ1n) is 10.4. The summed E-state index contributed by atoms with van der Waals surface area (Å²) in [5.74, 6) is -0.140. The van der Waals surface area contributed by atoms with E-state index in [0.29, 0.717) is 6.54 Å². The summed E-state index contributed by atoms with van der Waals surface area (Å²) in [6.07, 6.45) is 5.29. The average Bonchev–Trinajstić information content (AvgIpc) is 3.07. The maximum Gasteiger partial charge on any atom is 0.329 e. The fourth-order valence-corrected chi connectivity index (χ4v) is 4.23. The number of carbonyl (C=O) groups excluding carboxylic acids is 1. The van der Waals surface area contributed by atoms with E-state index in [1.54, 1.807) is 33.5 Å². The number of hydrogen-bond acceptors (Lipinski definition) is 4. The lowest BCUT2D eigenvalue weighted by molar-refractivity contribution is -0.118. The maximum absolute atomic E-state index is 13.2. The minimum Gasteiger partial charge on any atom is -0.354 e. The van der Waals surface area contributed by atoms with Crippen molar-refractivity contribution in [2.45, 2.75) is 25.9 Å². The molecular formula is C24H23N5O2. The van der Waals surface area contributed by atoms with Crippen LogP contribution in [0.15, 0.2) is 71.8 Å². The van der Waals surface area contributed by atoms with Crippen molar-refractivity contribution in [1.29, 1.82) is 0 Å². The van der Waals surface area contributed by atoms with Crippen molar-refractivity contribution in [2.24, 2.45) is 0 Å². The zero-order valence-electron chi connectivity index (χ0n) is 17.3. The van der Waals surface area contributed by atoms with Crippen LogP contribution in [0, 0.1) is 0 Å². The number of aromatic nitrogens is 3. The smallest absolute Gasteiger partial charge is 0.329 e. The van der Waals surface area contributed by atoms with E-state index in [1.807, 2.05) is 48.5 Å². The first-order valence-corrected chi connectivity index (χ1v) is 10.4. The number of hydrogen-bond donors (Lipinski definition) is 1. The summed E-state index contributed by atoms with van der Waals surface area (Å²) < 4.78 is 3.40. The van der Waals surface area contributed by atoms with Crippen molar-refractivity contribution in [2.75, 3.05) is 17.3 Å². The highest BCUT2D eigenvalue weighted by molar-refractivity contribution is 5.94. The van der Waals surface area contributed by atoms with Crippen LogP contribution in [0.4, 0.5) is 17.1 Å². The van der Waals surface area contributed by atoms with Gasteiger partial charge in [0.1, 0.15) is 6.54 Å². The van der Waals surface area contributed by atoms with Crippen molar-refractivity contribution < 1.29 is 4.79 Å². The van der Waals surface area contributed by atoms with Crippen molar-refractivity contribution in [1.82, 2.24) is 14.1 Å². The lowest BCUT2D eigenvalue weighted by Crippen LogP contribution is -2.34. The second-order valence-corrected chi connectivity index (χ2v) is 7.78. The van der Waals surface area contributed by atoms with Crippen molar-refractivity contribution in [3.63, 3.8) is 0 Å². The number of nitrogens with zero attached hydrogens (tertiary/aromatic N) is 4. The molecule has 31 heavy (non-hydrogen) atoms. The average molecular weight is 413 g/mol. The second-order valence-electron chi connectivity index (χ2n) is 7.78. The zero-order chi connectivity index (χ0) is 21.4. The number of amides is 1. The molecule has 1 aliphatic rings. The van der Waals surface area contributed by atoms with E-state index in [-0.39, 0.29) is 18.1 Å². The van der Waals surface area contributed by atoms with Crippen LogP contribution < -0.4 is 15.9 Å². The third-order valence-electron chi connectivity index (χ3n) is 5.78. The predicted octanol–water partition coefficient (Wildman–Crippen LogP) is 3.55. The number of aryl methyl sites for hydroxylation is 2. The van der Waals surface area contributed by atoms with Crippen LogP contribution in [0.1, 0.15) is 12.0 Å². The highest BCUT2D eigenvalue weighted by Crippen LogP contribution is 2.29. The third-order valence-corrected chi connectivity index (χ3v) is 5.78. The molecular weight excluding hydrogens is 390 g/mol. The third kappa shape index (κ3) is 3.48. The van der Waals surface area contributed by atoms with Gasteiger partial charge in [0.2, 0.25) is 5.91 Å². The van der Waals surface area contributed by atoms with Gasteiger partial charge in [-0.05, 0) is 54.8 Å². The monoisotopic (exact) mass is 413 g/mol. The second kappa shape index (κ2) is 7.75. The highest BCUT2D eigenvalue weighted by Gasteiger charge is 2.23. The lowest BCUT2D eigenvalue weighted by Gasteiger charge is -2.18. The van der Waals surface area contributed by atoms with Gasteiger partial charge >= 0.3 is 5.69 Å². The summed E-state index contributed by atoms with van der Waals surface area (Å²) >= 11 is 0.